The number of hydrogen-bond acceptors (Lipinski definition) is 2. The second-order valence-electron chi connectivity index (χ2n) is 4.65. The summed E-state index contributed by atoms with van der Waals surface area (Å²) in [5.74, 6) is -0.800. The number of carbonyl (C=O) groups is 1. The van der Waals surface area contributed by atoms with E-state index in [1.54, 1.807) is 25.2 Å². The zero-order valence-electron chi connectivity index (χ0n) is 11.2. The number of nitrogen functional groups attached to an aromatic ring is 1. The minimum absolute atomic E-state index is 0.0520. The highest BCUT2D eigenvalue weighted by atomic mass is 35.5. The molecule has 0 spiro atoms. The summed E-state index contributed by atoms with van der Waals surface area (Å²) < 4.78 is 13.1. The molecule has 0 aliphatic heterocycles. The third-order valence-electron chi connectivity index (χ3n) is 2.99. The summed E-state index contributed by atoms with van der Waals surface area (Å²) in [5.41, 5.74) is 6.59. The molecule has 0 aliphatic rings. The van der Waals surface area contributed by atoms with Crippen LogP contribution in [-0.4, -0.2) is 17.9 Å². The van der Waals surface area contributed by atoms with E-state index in [0.29, 0.717) is 22.2 Å². The fourth-order valence-corrected chi connectivity index (χ4v) is 2.20. The van der Waals surface area contributed by atoms with Gasteiger partial charge in [-0.05, 0) is 35.9 Å². The second kappa shape index (κ2) is 6.33. The molecule has 2 N–H and O–H groups in total. The molecule has 0 unspecified atom stereocenters. The number of benzene rings is 2. The van der Waals surface area contributed by atoms with Gasteiger partial charge < -0.3 is 10.6 Å². The first-order chi connectivity index (χ1) is 9.88. The van der Waals surface area contributed by atoms with Crippen molar-refractivity contribution in [1.82, 2.24) is 4.90 Å². The van der Waals surface area contributed by atoms with Crippen LogP contribution >= 0.6 is 23.2 Å². The summed E-state index contributed by atoms with van der Waals surface area (Å²) in [4.78, 5) is 13.7. The van der Waals surface area contributed by atoms with Crippen LogP contribution < -0.4 is 5.73 Å². The van der Waals surface area contributed by atoms with E-state index in [9.17, 15) is 9.18 Å². The largest absolute Gasteiger partial charge is 0.396 e. The number of amides is 1. The lowest BCUT2D eigenvalue weighted by atomic mass is 10.1. The monoisotopic (exact) mass is 326 g/mol. The number of hydrogen-bond donors (Lipinski definition) is 1. The van der Waals surface area contributed by atoms with E-state index < -0.39 is 5.82 Å². The molecule has 0 radical (unpaired) electrons. The van der Waals surface area contributed by atoms with E-state index in [-0.39, 0.29) is 11.6 Å². The Morgan fingerprint density at radius 2 is 1.90 bits per heavy atom. The van der Waals surface area contributed by atoms with E-state index >= 15 is 0 Å². The van der Waals surface area contributed by atoms with Gasteiger partial charge in [-0.25, -0.2) is 4.39 Å². The minimum Gasteiger partial charge on any atom is -0.396 e. The van der Waals surface area contributed by atoms with Crippen molar-refractivity contribution >= 4 is 34.8 Å². The summed E-state index contributed by atoms with van der Waals surface area (Å²) in [6.07, 6.45) is 0. The number of nitrogens with two attached hydrogens (primary N) is 1. The lowest BCUT2D eigenvalue weighted by Crippen LogP contribution is -2.26. The summed E-state index contributed by atoms with van der Waals surface area (Å²) in [5, 5.41) is 0.891. The van der Waals surface area contributed by atoms with Crippen molar-refractivity contribution in [2.75, 3.05) is 12.8 Å². The van der Waals surface area contributed by atoms with Gasteiger partial charge in [-0.15, -0.1) is 0 Å². The quantitative estimate of drug-likeness (QED) is 0.867. The molecule has 0 saturated heterocycles. The van der Waals surface area contributed by atoms with Crippen molar-refractivity contribution < 1.29 is 9.18 Å². The Kier molecular flexibility index (Phi) is 4.70. The van der Waals surface area contributed by atoms with Crippen molar-refractivity contribution in [2.45, 2.75) is 6.54 Å². The van der Waals surface area contributed by atoms with Gasteiger partial charge in [0.1, 0.15) is 5.82 Å². The van der Waals surface area contributed by atoms with Gasteiger partial charge in [0.15, 0.2) is 0 Å². The molecule has 2 rings (SSSR count). The SMILES string of the molecule is CN(Cc1ccc(Cl)c(Cl)c1)C(=O)c1ccc(F)c(N)c1. The van der Waals surface area contributed by atoms with Gasteiger partial charge >= 0.3 is 0 Å². The zero-order valence-corrected chi connectivity index (χ0v) is 12.7. The van der Waals surface area contributed by atoms with Gasteiger partial charge in [0.25, 0.3) is 5.91 Å². The Hall–Kier alpha value is -1.78. The van der Waals surface area contributed by atoms with Crippen LogP contribution in [0.2, 0.25) is 10.0 Å². The van der Waals surface area contributed by atoms with Gasteiger partial charge in [-0.3, -0.25) is 4.79 Å². The average molecular weight is 327 g/mol. The number of nitrogens with zero attached hydrogens (tertiary/aromatic N) is 1. The lowest BCUT2D eigenvalue weighted by Gasteiger charge is -2.18. The highest BCUT2D eigenvalue weighted by molar-refractivity contribution is 6.42. The third-order valence-corrected chi connectivity index (χ3v) is 3.73. The Morgan fingerprint density at radius 1 is 1.19 bits per heavy atom. The second-order valence-corrected chi connectivity index (χ2v) is 5.46. The van der Waals surface area contributed by atoms with Crippen molar-refractivity contribution in [1.29, 1.82) is 0 Å². The van der Waals surface area contributed by atoms with Gasteiger partial charge in [0.2, 0.25) is 0 Å². The first kappa shape index (κ1) is 15.6. The topological polar surface area (TPSA) is 46.3 Å². The molecule has 0 bridgehead atoms. The molecule has 0 aliphatic carbocycles. The normalized spacial score (nSPS) is 10.5. The van der Waals surface area contributed by atoms with Crippen LogP contribution in [0.4, 0.5) is 10.1 Å². The Labute approximate surface area is 132 Å². The Morgan fingerprint density at radius 3 is 2.52 bits per heavy atom. The summed E-state index contributed by atoms with van der Waals surface area (Å²) in [6, 6.07) is 9.06. The molecule has 0 atom stereocenters. The first-order valence-electron chi connectivity index (χ1n) is 6.13. The van der Waals surface area contributed by atoms with E-state index in [1.807, 2.05) is 0 Å². The minimum atomic E-state index is -0.543. The molecule has 2 aromatic rings. The predicted octanol–water partition coefficient (Wildman–Crippen LogP) is 3.99. The fourth-order valence-electron chi connectivity index (χ4n) is 1.88. The molecule has 3 nitrogen and oxygen atoms in total. The standard InChI is InChI=1S/C15H13Cl2FN2O/c1-20(8-9-2-4-11(16)12(17)6-9)15(21)10-3-5-13(18)14(19)7-10/h2-7H,8,19H2,1H3. The molecule has 1 amide bonds. The Bertz CT molecular complexity index is 691. The maximum absolute atomic E-state index is 13.1. The molecular formula is C15H13Cl2FN2O. The zero-order chi connectivity index (χ0) is 15.6. The van der Waals surface area contributed by atoms with Crippen LogP contribution in [0, 0.1) is 5.82 Å². The van der Waals surface area contributed by atoms with Gasteiger partial charge in [-0.2, -0.15) is 0 Å². The summed E-state index contributed by atoms with van der Waals surface area (Å²) in [7, 11) is 1.64. The highest BCUT2D eigenvalue weighted by Crippen LogP contribution is 2.23. The van der Waals surface area contributed by atoms with Crippen LogP contribution in [0.25, 0.3) is 0 Å². The Balaban J connectivity index is 2.15. The van der Waals surface area contributed by atoms with Crippen molar-refractivity contribution in [3.8, 4) is 0 Å². The van der Waals surface area contributed by atoms with Gasteiger partial charge in [-0.1, -0.05) is 29.3 Å². The van der Waals surface area contributed by atoms with Crippen LogP contribution in [0.3, 0.4) is 0 Å². The number of rotatable bonds is 3. The van der Waals surface area contributed by atoms with Gasteiger partial charge in [0, 0.05) is 19.2 Å². The number of carbonyl (C=O) groups excluding carboxylic acids is 1. The maximum Gasteiger partial charge on any atom is 0.253 e. The van der Waals surface area contributed by atoms with Crippen molar-refractivity contribution in [3.63, 3.8) is 0 Å². The molecule has 0 fully saturated rings. The van der Waals surface area contributed by atoms with Crippen LogP contribution in [0.1, 0.15) is 15.9 Å². The summed E-state index contributed by atoms with van der Waals surface area (Å²) in [6.45, 7) is 0.354. The van der Waals surface area contributed by atoms with Crippen LogP contribution in [0.5, 0.6) is 0 Å². The average Bonchev–Trinajstić information content (AvgIpc) is 2.45. The maximum atomic E-state index is 13.1. The van der Waals surface area contributed by atoms with Crippen LogP contribution in [-0.2, 0) is 6.54 Å². The van der Waals surface area contributed by atoms with E-state index in [0.717, 1.165) is 5.56 Å². The fraction of sp³-hybridized carbons (Fsp3) is 0.133. The number of anilines is 1. The molecule has 0 heterocycles. The van der Waals surface area contributed by atoms with Crippen molar-refractivity contribution in [2.24, 2.45) is 0 Å². The van der Waals surface area contributed by atoms with E-state index in [2.05, 4.69) is 0 Å². The molecule has 2 aromatic carbocycles. The highest BCUT2D eigenvalue weighted by Gasteiger charge is 2.14. The third kappa shape index (κ3) is 3.65. The predicted molar refractivity (Wildman–Crippen MR) is 83.1 cm³/mol. The molecule has 110 valence electrons. The summed E-state index contributed by atoms with van der Waals surface area (Å²) >= 11 is 11.8. The van der Waals surface area contributed by atoms with Crippen molar-refractivity contribution in [3.05, 3.63) is 63.4 Å². The molecular weight excluding hydrogens is 314 g/mol. The van der Waals surface area contributed by atoms with E-state index in [1.165, 1.54) is 23.1 Å². The molecule has 0 aromatic heterocycles. The van der Waals surface area contributed by atoms with Gasteiger partial charge in [0.05, 0.1) is 15.7 Å². The molecule has 0 saturated carbocycles. The lowest BCUT2D eigenvalue weighted by molar-refractivity contribution is 0.0785. The smallest absolute Gasteiger partial charge is 0.253 e. The first-order valence-corrected chi connectivity index (χ1v) is 6.88. The van der Waals surface area contributed by atoms with Crippen LogP contribution in [0.15, 0.2) is 36.4 Å². The molecule has 6 heteroatoms. The van der Waals surface area contributed by atoms with E-state index in [4.69, 9.17) is 28.9 Å². The number of halogens is 3. The molecule has 21 heavy (non-hydrogen) atoms.